The summed E-state index contributed by atoms with van der Waals surface area (Å²) in [5, 5.41) is 5.93. The molecule has 0 fully saturated rings. The summed E-state index contributed by atoms with van der Waals surface area (Å²) < 4.78 is 11.6. The molecule has 0 unspecified atom stereocenters. The lowest BCUT2D eigenvalue weighted by molar-refractivity contribution is -0.131. The Balaban J connectivity index is 1.67. The molecule has 2 amide bonds. The van der Waals surface area contributed by atoms with Crippen LogP contribution >= 0.6 is 0 Å². The molecular weight excluding hydrogens is 510 g/mol. The number of aromatic nitrogens is 2. The van der Waals surface area contributed by atoms with Gasteiger partial charge in [0, 0.05) is 37.6 Å². The molecule has 0 saturated carbocycles. The van der Waals surface area contributed by atoms with Crippen molar-refractivity contribution in [2.24, 2.45) is 0 Å². The molecule has 0 spiro atoms. The number of rotatable bonds is 10. The summed E-state index contributed by atoms with van der Waals surface area (Å²) in [4.78, 5) is 40.2. The number of fused-ring (bicyclic) bond motifs is 1. The average molecular weight is 546 g/mol. The van der Waals surface area contributed by atoms with Gasteiger partial charge < -0.3 is 29.9 Å². The minimum Gasteiger partial charge on any atom is -0.494 e. The van der Waals surface area contributed by atoms with Gasteiger partial charge in [-0.3, -0.25) is 14.5 Å². The maximum Gasteiger partial charge on any atom is 0.276 e. The lowest BCUT2D eigenvalue weighted by Gasteiger charge is -2.37. The summed E-state index contributed by atoms with van der Waals surface area (Å²) in [6.07, 6.45) is 2.71. The molecule has 11 heteroatoms. The Labute approximate surface area is 234 Å². The number of likely N-dealkylation sites (N-methyl/N-ethyl adjacent to an activating group) is 2. The van der Waals surface area contributed by atoms with Crippen LogP contribution in [-0.2, 0) is 9.59 Å². The first-order valence-electron chi connectivity index (χ1n) is 12.8. The zero-order valence-corrected chi connectivity index (χ0v) is 23.7. The van der Waals surface area contributed by atoms with Gasteiger partial charge in [0.15, 0.2) is 17.2 Å². The molecule has 2 heterocycles. The van der Waals surface area contributed by atoms with E-state index >= 15 is 0 Å². The summed E-state index contributed by atoms with van der Waals surface area (Å²) in [6.45, 7) is 8.62. The van der Waals surface area contributed by atoms with Gasteiger partial charge in [0.05, 0.1) is 24.7 Å². The van der Waals surface area contributed by atoms with Crippen LogP contribution in [0.1, 0.15) is 13.8 Å². The van der Waals surface area contributed by atoms with Gasteiger partial charge in [0.25, 0.3) is 5.91 Å². The monoisotopic (exact) mass is 545 g/mol. The minimum absolute atomic E-state index is 0.253. The van der Waals surface area contributed by atoms with E-state index in [0.29, 0.717) is 28.6 Å². The van der Waals surface area contributed by atoms with Crippen molar-refractivity contribution >= 4 is 46.3 Å². The number of nitrogens with one attached hydrogen (secondary N) is 2. The van der Waals surface area contributed by atoms with Gasteiger partial charge in [-0.25, -0.2) is 4.98 Å². The number of methoxy groups -OCH3 is 1. The summed E-state index contributed by atoms with van der Waals surface area (Å²) in [6, 6.07) is 12.8. The number of anilines is 6. The number of benzene rings is 2. The third kappa shape index (κ3) is 6.15. The number of carbonyl (C=O) groups is 2. The van der Waals surface area contributed by atoms with Crippen LogP contribution in [-0.4, -0.2) is 73.6 Å². The normalized spacial score (nSPS) is 13.8. The smallest absolute Gasteiger partial charge is 0.276 e. The summed E-state index contributed by atoms with van der Waals surface area (Å²) >= 11 is 0. The van der Waals surface area contributed by atoms with E-state index < -0.39 is 5.60 Å². The van der Waals surface area contributed by atoms with E-state index in [2.05, 4.69) is 37.0 Å². The van der Waals surface area contributed by atoms with E-state index in [0.717, 1.165) is 18.8 Å². The first kappa shape index (κ1) is 28.4. The Hall–Kier alpha value is -4.64. The first-order chi connectivity index (χ1) is 19.0. The molecule has 0 saturated heterocycles. The highest BCUT2D eigenvalue weighted by Gasteiger charge is 2.43. The maximum atomic E-state index is 13.6. The Morgan fingerprint density at radius 3 is 2.65 bits per heavy atom. The van der Waals surface area contributed by atoms with E-state index in [1.165, 1.54) is 17.2 Å². The molecule has 2 N–H and O–H groups in total. The van der Waals surface area contributed by atoms with E-state index in [4.69, 9.17) is 9.47 Å². The van der Waals surface area contributed by atoms with Crippen LogP contribution < -0.4 is 29.9 Å². The molecule has 0 bridgehead atoms. The second-order valence-electron chi connectivity index (χ2n) is 10.1. The van der Waals surface area contributed by atoms with Crippen molar-refractivity contribution in [3.63, 3.8) is 0 Å². The number of ether oxygens (including phenoxy) is 2. The van der Waals surface area contributed by atoms with Crippen molar-refractivity contribution in [1.82, 2.24) is 14.9 Å². The topological polar surface area (TPSA) is 112 Å². The number of amides is 2. The summed E-state index contributed by atoms with van der Waals surface area (Å²) in [7, 11) is 7.71. The zero-order chi connectivity index (χ0) is 29.0. The predicted octanol–water partition coefficient (Wildman–Crippen LogP) is 4.19. The Morgan fingerprint density at radius 2 is 1.95 bits per heavy atom. The molecule has 3 aromatic rings. The number of hydrogen-bond donors (Lipinski definition) is 2. The standard InChI is InChI=1S/C29H35N7O4/c1-8-25(37)31-19-10-9-11-21(16-19)36-26-24(40-29(2,3)27(36)38)18-30-28(33-26)32-22-13-12-20(17-23(22)39-7)35(6)15-14-34(4)5/h8-13,16-18H,1,14-15H2,2-7H3,(H,31,37)(H,30,32,33). The fraction of sp³-hybridized carbons (Fsp3) is 0.310. The molecule has 1 aromatic heterocycles. The number of hydrogen-bond acceptors (Lipinski definition) is 9. The third-order valence-electron chi connectivity index (χ3n) is 6.34. The zero-order valence-electron chi connectivity index (χ0n) is 23.7. The molecule has 11 nitrogen and oxygen atoms in total. The van der Waals surface area contributed by atoms with Crippen molar-refractivity contribution in [3.8, 4) is 11.5 Å². The lowest BCUT2D eigenvalue weighted by atomic mass is 10.0. The highest BCUT2D eigenvalue weighted by atomic mass is 16.5. The van der Waals surface area contributed by atoms with E-state index in [1.54, 1.807) is 45.2 Å². The van der Waals surface area contributed by atoms with Gasteiger partial charge in [-0.05, 0) is 64.4 Å². The first-order valence-corrected chi connectivity index (χ1v) is 12.8. The van der Waals surface area contributed by atoms with Crippen molar-refractivity contribution in [1.29, 1.82) is 0 Å². The van der Waals surface area contributed by atoms with Crippen LogP contribution in [0.25, 0.3) is 0 Å². The summed E-state index contributed by atoms with van der Waals surface area (Å²) in [5.74, 6) is 0.811. The van der Waals surface area contributed by atoms with Crippen LogP contribution in [0, 0.1) is 0 Å². The number of carbonyl (C=O) groups excluding carboxylic acids is 2. The van der Waals surface area contributed by atoms with Crippen LogP contribution in [0.15, 0.2) is 61.3 Å². The fourth-order valence-corrected chi connectivity index (χ4v) is 4.11. The van der Waals surface area contributed by atoms with Crippen molar-refractivity contribution < 1.29 is 19.1 Å². The molecule has 2 aromatic carbocycles. The van der Waals surface area contributed by atoms with Gasteiger partial charge in [-0.2, -0.15) is 4.98 Å². The molecule has 1 aliphatic rings. The van der Waals surface area contributed by atoms with Gasteiger partial charge in [0.2, 0.25) is 11.9 Å². The predicted molar refractivity (Wildman–Crippen MR) is 157 cm³/mol. The summed E-state index contributed by atoms with van der Waals surface area (Å²) in [5.41, 5.74) is 1.52. The Bertz CT molecular complexity index is 1420. The Morgan fingerprint density at radius 1 is 1.18 bits per heavy atom. The average Bonchev–Trinajstić information content (AvgIpc) is 2.92. The van der Waals surface area contributed by atoms with Crippen LogP contribution in [0.2, 0.25) is 0 Å². The van der Waals surface area contributed by atoms with Crippen molar-refractivity contribution in [2.45, 2.75) is 19.4 Å². The maximum absolute atomic E-state index is 13.6. The minimum atomic E-state index is -1.16. The SMILES string of the molecule is C=CC(=O)Nc1cccc(N2C(=O)C(C)(C)Oc3cnc(Nc4ccc(N(C)CCN(C)C)cc4OC)nc32)c1. The second-order valence-corrected chi connectivity index (χ2v) is 10.1. The molecular formula is C29H35N7O4. The highest BCUT2D eigenvalue weighted by molar-refractivity contribution is 6.08. The van der Waals surface area contributed by atoms with E-state index in [1.807, 2.05) is 39.3 Å². The van der Waals surface area contributed by atoms with Crippen LogP contribution in [0.4, 0.5) is 34.5 Å². The second kappa shape index (κ2) is 11.6. The molecule has 0 aliphatic carbocycles. The molecule has 1 aliphatic heterocycles. The Kier molecular flexibility index (Phi) is 8.24. The molecule has 0 atom stereocenters. The van der Waals surface area contributed by atoms with Crippen molar-refractivity contribution in [3.05, 3.63) is 61.3 Å². The number of nitrogens with zero attached hydrogens (tertiary/aromatic N) is 5. The van der Waals surface area contributed by atoms with Gasteiger partial charge in [-0.15, -0.1) is 0 Å². The highest BCUT2D eigenvalue weighted by Crippen LogP contribution is 2.42. The van der Waals surface area contributed by atoms with Gasteiger partial charge in [-0.1, -0.05) is 12.6 Å². The van der Waals surface area contributed by atoms with Crippen LogP contribution in [0.5, 0.6) is 11.5 Å². The van der Waals surface area contributed by atoms with Crippen LogP contribution in [0.3, 0.4) is 0 Å². The largest absolute Gasteiger partial charge is 0.494 e. The lowest BCUT2D eigenvalue weighted by Crippen LogP contribution is -2.51. The third-order valence-corrected chi connectivity index (χ3v) is 6.34. The van der Waals surface area contributed by atoms with E-state index in [9.17, 15) is 9.59 Å². The molecule has 0 radical (unpaired) electrons. The van der Waals surface area contributed by atoms with Gasteiger partial charge >= 0.3 is 0 Å². The molecule has 4 rings (SSSR count). The quantitative estimate of drug-likeness (QED) is 0.362. The van der Waals surface area contributed by atoms with Crippen molar-refractivity contribution in [2.75, 3.05) is 61.8 Å². The fourth-order valence-electron chi connectivity index (χ4n) is 4.11. The molecule has 210 valence electrons. The van der Waals surface area contributed by atoms with Gasteiger partial charge in [0.1, 0.15) is 5.75 Å². The molecule has 40 heavy (non-hydrogen) atoms. The van der Waals surface area contributed by atoms with E-state index in [-0.39, 0.29) is 23.6 Å².